The van der Waals surface area contributed by atoms with E-state index in [0.29, 0.717) is 11.1 Å². The molecule has 0 aliphatic carbocycles. The van der Waals surface area contributed by atoms with Crippen LogP contribution in [0.2, 0.25) is 0 Å². The van der Waals surface area contributed by atoms with Gasteiger partial charge in [0, 0.05) is 41.6 Å². The molecule has 0 fully saturated rings. The Morgan fingerprint density at radius 1 is 0.717 bits per heavy atom. The zero-order valence-corrected chi connectivity index (χ0v) is 31.8. The average Bonchev–Trinajstić information content (AvgIpc) is 3.35. The van der Waals surface area contributed by atoms with Crippen molar-refractivity contribution in [1.29, 1.82) is 0 Å². The van der Waals surface area contributed by atoms with E-state index < -0.39 is 17.3 Å². The maximum Gasteiger partial charge on any atom is 1.00 e. The van der Waals surface area contributed by atoms with Crippen molar-refractivity contribution in [1.82, 2.24) is 9.13 Å². The maximum absolute atomic E-state index is 12.6. The summed E-state index contributed by atoms with van der Waals surface area (Å²) in [5.74, 6) is -0.618. The number of hydrogen-bond acceptors (Lipinski definition) is 6. The molecule has 0 amide bonds. The normalized spacial score (nSPS) is 13.4. The van der Waals surface area contributed by atoms with Gasteiger partial charge < -0.3 is 25.1 Å². The summed E-state index contributed by atoms with van der Waals surface area (Å²) in [7, 11) is 0. The summed E-state index contributed by atoms with van der Waals surface area (Å²) < 4.78 is 15.0. The molecule has 1 N–H and O–H groups in total. The molecule has 0 saturated carbocycles. The van der Waals surface area contributed by atoms with Crippen LogP contribution in [0.3, 0.4) is 0 Å². The third-order valence-corrected chi connectivity index (χ3v) is 7.60. The van der Waals surface area contributed by atoms with Crippen LogP contribution in [-0.2, 0) is 14.3 Å². The van der Waals surface area contributed by atoms with E-state index in [-0.39, 0.29) is 69.2 Å². The summed E-state index contributed by atoms with van der Waals surface area (Å²) in [4.78, 5) is 37.0. The second kappa shape index (κ2) is 15.8. The number of carbonyl (C=O) groups excluding carboxylic acids is 3. The number of Topliss-reactive ketones (excluding diaryl/α,β-unsaturated/α-hetero) is 1. The second-order valence-electron chi connectivity index (χ2n) is 13.5. The topological polar surface area (TPSA) is 99.8 Å². The number of aromatic nitrogens is 2. The van der Waals surface area contributed by atoms with Gasteiger partial charge in [0.15, 0.2) is 5.78 Å². The van der Waals surface area contributed by atoms with Crippen LogP contribution in [0.4, 0.5) is 0 Å². The van der Waals surface area contributed by atoms with Gasteiger partial charge in [0.2, 0.25) is 0 Å². The van der Waals surface area contributed by atoms with Crippen LogP contribution in [-0.4, -0.2) is 57.7 Å². The van der Waals surface area contributed by atoms with Crippen molar-refractivity contribution in [3.63, 3.8) is 0 Å². The summed E-state index contributed by atoms with van der Waals surface area (Å²) in [6, 6.07) is 14.9. The summed E-state index contributed by atoms with van der Waals surface area (Å²) in [6.07, 6.45) is -0.513. The fourth-order valence-corrected chi connectivity index (χ4v) is 5.38. The number of rotatable bonds is 6. The number of benzene rings is 2. The fraction of sp³-hybridized carbons (Fsp3) is 0.472. The van der Waals surface area contributed by atoms with Crippen molar-refractivity contribution in [2.24, 2.45) is 0 Å². The van der Waals surface area contributed by atoms with E-state index in [1.54, 1.807) is 13.8 Å². The van der Waals surface area contributed by atoms with E-state index >= 15 is 0 Å². The van der Waals surface area contributed by atoms with Crippen LogP contribution in [0.5, 0.6) is 0 Å². The number of fused-ring (bicyclic) bond motifs is 2. The van der Waals surface area contributed by atoms with E-state index in [4.69, 9.17) is 9.47 Å². The Balaban J connectivity index is 0.000000846. The van der Waals surface area contributed by atoms with Crippen molar-refractivity contribution in [3.05, 3.63) is 71.0 Å². The van der Waals surface area contributed by atoms with Gasteiger partial charge in [-0.2, -0.15) is 0 Å². The van der Waals surface area contributed by atoms with Gasteiger partial charge in [-0.3, -0.25) is 4.79 Å². The average molecular weight is 640 g/mol. The Morgan fingerprint density at radius 3 is 1.41 bits per heavy atom. The van der Waals surface area contributed by atoms with Gasteiger partial charge in [0.05, 0.1) is 29.3 Å². The zero-order chi connectivity index (χ0) is 33.3. The third-order valence-electron chi connectivity index (χ3n) is 7.60. The fourth-order valence-electron chi connectivity index (χ4n) is 5.38. The number of nitrogens with zero attached hydrogens (tertiary/aromatic N) is 2. The summed E-state index contributed by atoms with van der Waals surface area (Å²) in [5, 5.41) is 11.6. The van der Waals surface area contributed by atoms with Gasteiger partial charge in [0.1, 0.15) is 11.2 Å². The molecule has 0 aliphatic rings. The maximum atomic E-state index is 12.6. The number of para-hydroxylation sites is 2. The number of ketones is 1. The molecule has 8 nitrogen and oxygen atoms in total. The first kappa shape index (κ1) is 41.2. The van der Waals surface area contributed by atoms with Gasteiger partial charge in [0.25, 0.3) is 0 Å². The quantitative estimate of drug-likeness (QED) is 0.244. The number of hydrogen-bond donors (Lipinski definition) is 1. The first-order chi connectivity index (χ1) is 20.3. The van der Waals surface area contributed by atoms with Crippen LogP contribution in [0.1, 0.15) is 115 Å². The van der Waals surface area contributed by atoms with Gasteiger partial charge in [-0.1, -0.05) is 36.4 Å². The molecule has 0 bridgehead atoms. The van der Waals surface area contributed by atoms with Gasteiger partial charge in [-0.25, -0.2) is 9.59 Å². The molecule has 0 spiro atoms. The Hall–Kier alpha value is -2.85. The second-order valence-corrected chi connectivity index (χ2v) is 13.5. The zero-order valence-electron chi connectivity index (χ0n) is 30.8. The van der Waals surface area contributed by atoms with Gasteiger partial charge >= 0.3 is 41.5 Å². The smallest absolute Gasteiger partial charge is 1.00 e. The molecule has 3 unspecified atom stereocenters. The molecular weight excluding hydrogens is 590 g/mol. The molecule has 10 heteroatoms. The van der Waals surface area contributed by atoms with Crippen molar-refractivity contribution in [2.45, 2.75) is 112 Å². The molecule has 3 atom stereocenters. The Bertz CT molecular complexity index is 1700. The molecule has 0 saturated heterocycles. The van der Waals surface area contributed by atoms with Crippen LogP contribution in [0, 0.1) is 13.8 Å². The molecular formula is C36H49BN2NaO6. The minimum Gasteiger partial charge on any atom is -1.00 e. The van der Waals surface area contributed by atoms with Gasteiger partial charge in [-0.05, 0) is 95.2 Å². The van der Waals surface area contributed by atoms with E-state index in [2.05, 4.69) is 0 Å². The number of ether oxygens (including phenoxy) is 2. The monoisotopic (exact) mass is 639 g/mol. The molecule has 2 aromatic carbocycles. The number of aliphatic hydroxyl groups excluding tert-OH is 1. The molecule has 46 heavy (non-hydrogen) atoms. The van der Waals surface area contributed by atoms with Crippen molar-refractivity contribution in [3.8, 4) is 0 Å². The first-order valence-electron chi connectivity index (χ1n) is 15.1. The van der Waals surface area contributed by atoms with E-state index in [0.717, 1.165) is 33.2 Å². The molecule has 4 aromatic rings. The summed E-state index contributed by atoms with van der Waals surface area (Å²) in [6.45, 7) is 22.0. The van der Waals surface area contributed by atoms with E-state index in [9.17, 15) is 19.5 Å². The Kier molecular flexibility index (Phi) is 14.2. The number of carbonyl (C=O) groups is 3. The third kappa shape index (κ3) is 9.15. The SMILES string of the molecule is CC(=O)C(C)n1c(C)c(C(=O)OC(C)(C)C)c2ccccc21.Cc1c(C(=O)OC(C)(C)C)c2ccccc2n1C(C)C(C)O.[B].[H-].[Na+]. The predicted molar refractivity (Wildman–Crippen MR) is 182 cm³/mol. The Morgan fingerprint density at radius 2 is 1.07 bits per heavy atom. The summed E-state index contributed by atoms with van der Waals surface area (Å²) >= 11 is 0. The summed E-state index contributed by atoms with van der Waals surface area (Å²) in [5.41, 5.74) is 3.43. The molecule has 0 aliphatic heterocycles. The van der Waals surface area contributed by atoms with Crippen molar-refractivity contribution in [2.75, 3.05) is 0 Å². The standard InChI is InChI=1S/C18H25NO3.C18H23NO3.B.Na.H/c2*1-11(13(3)20)19-12(2)16(17(21)22-18(4,5)6)14-9-7-8-10-15(14)19;;;/h7-11,13,20H,1-6H3;7-11H,1-6H3;;;/q;;;+1;-1. The van der Waals surface area contributed by atoms with E-state index in [1.807, 2.05) is 127 Å². The minimum atomic E-state index is -0.557. The molecule has 2 aromatic heterocycles. The van der Waals surface area contributed by atoms with E-state index in [1.165, 1.54) is 0 Å². The number of esters is 2. The molecule has 2 heterocycles. The van der Waals surface area contributed by atoms with Crippen molar-refractivity contribution >= 4 is 47.9 Å². The van der Waals surface area contributed by atoms with Gasteiger partial charge in [-0.15, -0.1) is 0 Å². The van der Waals surface area contributed by atoms with Crippen LogP contribution >= 0.6 is 0 Å². The molecule has 243 valence electrons. The van der Waals surface area contributed by atoms with Crippen LogP contribution in [0.15, 0.2) is 48.5 Å². The predicted octanol–water partition coefficient (Wildman–Crippen LogP) is 4.64. The molecule has 3 radical (unpaired) electrons. The van der Waals surface area contributed by atoms with Crippen molar-refractivity contribution < 1.29 is 59.9 Å². The minimum absolute atomic E-state index is 0. The Labute approximate surface area is 299 Å². The first-order valence-corrected chi connectivity index (χ1v) is 15.1. The number of aliphatic hydroxyl groups is 1. The van der Waals surface area contributed by atoms with Crippen LogP contribution < -0.4 is 29.6 Å². The molecule has 4 rings (SSSR count). The largest absolute Gasteiger partial charge is 1.00 e. The van der Waals surface area contributed by atoms with Crippen LogP contribution in [0.25, 0.3) is 21.8 Å².